The van der Waals surface area contributed by atoms with Gasteiger partial charge < -0.3 is 15.7 Å². The van der Waals surface area contributed by atoms with E-state index in [9.17, 15) is 4.79 Å². The fourth-order valence-electron chi connectivity index (χ4n) is 1.07. The Morgan fingerprint density at radius 1 is 1.69 bits per heavy atom. The second kappa shape index (κ2) is 4.58. The van der Waals surface area contributed by atoms with Crippen LogP contribution in [0.1, 0.15) is 27.2 Å². The van der Waals surface area contributed by atoms with Crippen molar-refractivity contribution in [2.75, 3.05) is 13.6 Å². The van der Waals surface area contributed by atoms with E-state index >= 15 is 0 Å². The van der Waals surface area contributed by atoms with E-state index in [0.717, 1.165) is 0 Å². The summed E-state index contributed by atoms with van der Waals surface area (Å²) in [6.07, 6.45) is 0.0808. The van der Waals surface area contributed by atoms with Crippen LogP contribution in [0.5, 0.6) is 0 Å². The van der Waals surface area contributed by atoms with Gasteiger partial charge in [-0.2, -0.15) is 0 Å². The van der Waals surface area contributed by atoms with Gasteiger partial charge in [0.05, 0.1) is 11.6 Å². The molecule has 78 valence electrons. The highest BCUT2D eigenvalue weighted by Crippen LogP contribution is 2.08. The summed E-state index contributed by atoms with van der Waals surface area (Å²) < 4.78 is 0. The van der Waals surface area contributed by atoms with Crippen molar-refractivity contribution in [1.29, 1.82) is 0 Å². The molecule has 0 radical (unpaired) electrons. The van der Waals surface area contributed by atoms with E-state index < -0.39 is 11.6 Å². The smallest absolute Gasteiger partial charge is 0.242 e. The second-order valence-electron chi connectivity index (χ2n) is 3.81. The Balaban J connectivity index is 4.25. The molecule has 3 N–H and O–H groups in total. The minimum atomic E-state index is -0.816. The summed E-state index contributed by atoms with van der Waals surface area (Å²) in [5, 5.41) is 9.08. The lowest BCUT2D eigenvalue weighted by atomic mass is 9.99. The monoisotopic (exact) mass is 188 g/mol. The largest absolute Gasteiger partial charge is 0.392 e. The van der Waals surface area contributed by atoms with Gasteiger partial charge in [0, 0.05) is 13.6 Å². The molecule has 0 saturated carbocycles. The fraction of sp³-hybridized carbons (Fsp3) is 0.889. The molecule has 0 aliphatic carbocycles. The van der Waals surface area contributed by atoms with Crippen LogP contribution in [0.2, 0.25) is 0 Å². The first-order valence-corrected chi connectivity index (χ1v) is 4.53. The molecule has 0 bridgehead atoms. The molecule has 2 unspecified atom stereocenters. The Hall–Kier alpha value is -0.610. The van der Waals surface area contributed by atoms with Crippen molar-refractivity contribution in [1.82, 2.24) is 4.90 Å². The molecule has 0 aliphatic rings. The van der Waals surface area contributed by atoms with Gasteiger partial charge in [-0.05, 0) is 20.3 Å². The average molecular weight is 188 g/mol. The van der Waals surface area contributed by atoms with Crippen LogP contribution in [0, 0.1) is 0 Å². The molecule has 0 saturated heterocycles. The number of likely N-dealkylation sites (N-methyl/N-ethyl adjacent to an activating group) is 1. The molecular weight excluding hydrogens is 168 g/mol. The SMILES string of the molecule is CCC(C)(N)C(=O)N(C)CC(C)O. The van der Waals surface area contributed by atoms with E-state index in [2.05, 4.69) is 0 Å². The van der Waals surface area contributed by atoms with Crippen molar-refractivity contribution in [2.24, 2.45) is 5.73 Å². The molecule has 0 aromatic carbocycles. The summed E-state index contributed by atoms with van der Waals surface area (Å²) in [5.74, 6) is -0.129. The minimum absolute atomic E-state index is 0.129. The van der Waals surface area contributed by atoms with Crippen LogP contribution in [0.4, 0.5) is 0 Å². The number of hydrogen-bond donors (Lipinski definition) is 2. The third-order valence-corrected chi connectivity index (χ3v) is 2.11. The lowest BCUT2D eigenvalue weighted by Gasteiger charge is -2.28. The summed E-state index contributed by atoms with van der Waals surface area (Å²) in [6, 6.07) is 0. The van der Waals surface area contributed by atoms with Crippen LogP contribution in [-0.2, 0) is 4.79 Å². The number of carbonyl (C=O) groups excluding carboxylic acids is 1. The van der Waals surface area contributed by atoms with Crippen molar-refractivity contribution in [3.63, 3.8) is 0 Å². The quantitative estimate of drug-likeness (QED) is 0.650. The first-order chi connectivity index (χ1) is 5.81. The molecule has 0 fully saturated rings. The van der Waals surface area contributed by atoms with Crippen molar-refractivity contribution in [2.45, 2.75) is 38.8 Å². The van der Waals surface area contributed by atoms with Gasteiger partial charge in [-0.25, -0.2) is 0 Å². The highest BCUT2D eigenvalue weighted by molar-refractivity contribution is 5.85. The summed E-state index contributed by atoms with van der Waals surface area (Å²) in [5.41, 5.74) is 4.95. The zero-order valence-corrected chi connectivity index (χ0v) is 8.87. The first kappa shape index (κ1) is 12.4. The predicted molar refractivity (Wildman–Crippen MR) is 52.2 cm³/mol. The maximum atomic E-state index is 11.6. The zero-order chi connectivity index (χ0) is 10.6. The molecule has 4 heteroatoms. The van der Waals surface area contributed by atoms with Gasteiger partial charge in [0.25, 0.3) is 0 Å². The number of aliphatic hydroxyl groups excluding tert-OH is 1. The van der Waals surface area contributed by atoms with Gasteiger partial charge in [-0.15, -0.1) is 0 Å². The van der Waals surface area contributed by atoms with Crippen LogP contribution in [0.3, 0.4) is 0 Å². The second-order valence-corrected chi connectivity index (χ2v) is 3.81. The van der Waals surface area contributed by atoms with Gasteiger partial charge >= 0.3 is 0 Å². The molecule has 2 atom stereocenters. The van der Waals surface area contributed by atoms with E-state index in [1.54, 1.807) is 20.9 Å². The molecule has 0 aromatic rings. The van der Waals surface area contributed by atoms with Gasteiger partial charge in [0.15, 0.2) is 0 Å². The maximum Gasteiger partial charge on any atom is 0.242 e. The molecule has 0 aromatic heterocycles. The summed E-state index contributed by atoms with van der Waals surface area (Å²) in [4.78, 5) is 13.1. The molecule has 1 amide bonds. The minimum Gasteiger partial charge on any atom is -0.392 e. The van der Waals surface area contributed by atoms with Crippen LogP contribution in [-0.4, -0.2) is 41.1 Å². The molecule has 0 heterocycles. The number of rotatable bonds is 4. The fourth-order valence-corrected chi connectivity index (χ4v) is 1.07. The zero-order valence-electron chi connectivity index (χ0n) is 8.87. The molecule has 13 heavy (non-hydrogen) atoms. The van der Waals surface area contributed by atoms with E-state index in [0.29, 0.717) is 13.0 Å². The average Bonchev–Trinajstić information content (AvgIpc) is 2.01. The summed E-state index contributed by atoms with van der Waals surface area (Å²) >= 11 is 0. The Morgan fingerprint density at radius 3 is 2.46 bits per heavy atom. The normalized spacial score (nSPS) is 17.7. The van der Waals surface area contributed by atoms with Crippen molar-refractivity contribution >= 4 is 5.91 Å². The Labute approximate surface area is 79.7 Å². The standard InChI is InChI=1S/C9H20N2O2/c1-5-9(3,10)8(13)11(4)6-7(2)12/h7,12H,5-6,10H2,1-4H3. The predicted octanol–water partition coefficient (Wildman–Crippen LogP) is -0.0470. The maximum absolute atomic E-state index is 11.6. The van der Waals surface area contributed by atoms with E-state index in [1.807, 2.05) is 6.92 Å². The van der Waals surface area contributed by atoms with E-state index in [4.69, 9.17) is 10.8 Å². The van der Waals surface area contributed by atoms with Gasteiger partial charge in [0.1, 0.15) is 0 Å². The Morgan fingerprint density at radius 2 is 2.15 bits per heavy atom. The number of amides is 1. The summed E-state index contributed by atoms with van der Waals surface area (Å²) in [7, 11) is 1.65. The van der Waals surface area contributed by atoms with Gasteiger partial charge in [-0.1, -0.05) is 6.92 Å². The molecular formula is C9H20N2O2. The van der Waals surface area contributed by atoms with Crippen molar-refractivity contribution < 1.29 is 9.90 Å². The van der Waals surface area contributed by atoms with Gasteiger partial charge in [0.2, 0.25) is 5.91 Å². The lowest BCUT2D eigenvalue weighted by molar-refractivity contribution is -0.136. The molecule has 0 spiro atoms. The third kappa shape index (κ3) is 3.74. The lowest BCUT2D eigenvalue weighted by Crippen LogP contribution is -2.52. The number of carbonyl (C=O) groups is 1. The van der Waals surface area contributed by atoms with Crippen LogP contribution in [0.25, 0.3) is 0 Å². The highest BCUT2D eigenvalue weighted by atomic mass is 16.3. The Bertz CT molecular complexity index is 178. The highest BCUT2D eigenvalue weighted by Gasteiger charge is 2.29. The number of nitrogens with zero attached hydrogens (tertiary/aromatic N) is 1. The first-order valence-electron chi connectivity index (χ1n) is 4.53. The van der Waals surface area contributed by atoms with E-state index in [-0.39, 0.29) is 5.91 Å². The van der Waals surface area contributed by atoms with Crippen molar-refractivity contribution in [3.05, 3.63) is 0 Å². The Kier molecular flexibility index (Phi) is 4.36. The van der Waals surface area contributed by atoms with Crippen molar-refractivity contribution in [3.8, 4) is 0 Å². The van der Waals surface area contributed by atoms with E-state index in [1.165, 1.54) is 4.90 Å². The summed E-state index contributed by atoms with van der Waals surface area (Å²) in [6.45, 7) is 5.54. The van der Waals surface area contributed by atoms with Crippen LogP contribution < -0.4 is 5.73 Å². The number of hydrogen-bond acceptors (Lipinski definition) is 3. The number of nitrogens with two attached hydrogens (primary N) is 1. The van der Waals surface area contributed by atoms with Crippen LogP contribution >= 0.6 is 0 Å². The molecule has 0 aliphatic heterocycles. The van der Waals surface area contributed by atoms with Crippen LogP contribution in [0.15, 0.2) is 0 Å². The molecule has 0 rings (SSSR count). The van der Waals surface area contributed by atoms with Gasteiger partial charge in [-0.3, -0.25) is 4.79 Å². The molecule has 4 nitrogen and oxygen atoms in total. The third-order valence-electron chi connectivity index (χ3n) is 2.11. The number of aliphatic hydroxyl groups is 1. The topological polar surface area (TPSA) is 66.6 Å².